The zero-order valence-electron chi connectivity index (χ0n) is 27.2. The summed E-state index contributed by atoms with van der Waals surface area (Å²) in [6, 6.07) is 15.6. The maximum absolute atomic E-state index is 6.71. The molecule has 0 aliphatic carbocycles. The minimum absolute atomic E-state index is 0.0329. The molecule has 246 valence electrons. The van der Waals surface area contributed by atoms with Gasteiger partial charge in [-0.15, -0.1) is 5.10 Å². The summed E-state index contributed by atoms with van der Waals surface area (Å²) in [4.78, 5) is 2.39. The number of fused-ring (bicyclic) bond motifs is 1. The first-order chi connectivity index (χ1) is 22.0. The minimum atomic E-state index is 0.0329. The Morgan fingerprint density at radius 1 is 1.02 bits per heavy atom. The Morgan fingerprint density at radius 2 is 1.87 bits per heavy atom. The molecule has 1 saturated heterocycles. The zero-order valence-corrected chi connectivity index (χ0v) is 27.2. The second-order valence-corrected chi connectivity index (χ2v) is 12.5. The van der Waals surface area contributed by atoms with E-state index in [9.17, 15) is 0 Å². The van der Waals surface area contributed by atoms with E-state index >= 15 is 0 Å². The number of H-pyrrole nitrogens is 1. The fraction of sp³-hybridized carbons (Fsp3) is 0.618. The van der Waals surface area contributed by atoms with Crippen LogP contribution in [0.4, 0.5) is 5.69 Å². The number of aromatic amines is 1. The van der Waals surface area contributed by atoms with Gasteiger partial charge in [0.25, 0.3) is 0 Å². The summed E-state index contributed by atoms with van der Waals surface area (Å²) in [5.41, 5.74) is 4.75. The van der Waals surface area contributed by atoms with Gasteiger partial charge in [-0.05, 0) is 58.5 Å². The van der Waals surface area contributed by atoms with Gasteiger partial charge in [0.15, 0.2) is 5.82 Å². The predicted molar refractivity (Wildman–Crippen MR) is 173 cm³/mol. The topological polar surface area (TPSA) is 116 Å². The Morgan fingerprint density at radius 3 is 2.64 bits per heavy atom. The van der Waals surface area contributed by atoms with Gasteiger partial charge in [-0.1, -0.05) is 44.2 Å². The first-order valence-corrected chi connectivity index (χ1v) is 16.3. The quantitative estimate of drug-likeness (QED) is 0.209. The van der Waals surface area contributed by atoms with Crippen molar-refractivity contribution in [3.63, 3.8) is 0 Å². The van der Waals surface area contributed by atoms with Crippen LogP contribution in [0.15, 0.2) is 42.5 Å². The molecular weight excluding hydrogens is 572 g/mol. The number of tetrazole rings is 1. The Balaban J connectivity index is 1.25. The number of piperidine rings is 1. The van der Waals surface area contributed by atoms with Gasteiger partial charge in [0.05, 0.1) is 44.8 Å². The van der Waals surface area contributed by atoms with Crippen molar-refractivity contribution in [2.24, 2.45) is 5.92 Å². The van der Waals surface area contributed by atoms with Crippen molar-refractivity contribution >= 4 is 5.69 Å². The molecule has 0 unspecified atom stereocenters. The van der Waals surface area contributed by atoms with Crippen LogP contribution >= 0.6 is 0 Å². The van der Waals surface area contributed by atoms with Gasteiger partial charge in [0.2, 0.25) is 0 Å². The molecule has 2 aliphatic heterocycles. The standard InChI is InChI=1S/C34H50N6O5/c1-24(20-42-4)21-43-22-26-6-9-28(10-7-26)30-18-29(16-25(2)34-36-38-39-37-34)35-19-33(30)45-23-27-8-11-32-31(17-27)40(13-15-44-32)12-5-14-41-3/h6-11,17,24-25,29-30,33,35H,5,12-16,18-23H2,1-4H3,(H,36,37,38,39)/t24-,25+,29-,30+,33-/m0/s1. The zero-order chi connectivity index (χ0) is 31.4. The van der Waals surface area contributed by atoms with Gasteiger partial charge in [0.1, 0.15) is 12.4 Å². The van der Waals surface area contributed by atoms with Crippen molar-refractivity contribution in [2.75, 3.05) is 65.2 Å². The van der Waals surface area contributed by atoms with Crippen LogP contribution in [0.1, 0.15) is 67.5 Å². The van der Waals surface area contributed by atoms with Crippen LogP contribution in [0.3, 0.4) is 0 Å². The third kappa shape index (κ3) is 9.46. The Bertz CT molecular complexity index is 1280. The van der Waals surface area contributed by atoms with Crippen molar-refractivity contribution in [1.82, 2.24) is 25.9 Å². The summed E-state index contributed by atoms with van der Waals surface area (Å²) in [6.45, 7) is 10.9. The van der Waals surface area contributed by atoms with Crippen LogP contribution in [-0.2, 0) is 32.2 Å². The molecule has 2 N–H and O–H groups in total. The van der Waals surface area contributed by atoms with Crippen LogP contribution in [0, 0.1) is 5.92 Å². The van der Waals surface area contributed by atoms with Gasteiger partial charge >= 0.3 is 0 Å². The van der Waals surface area contributed by atoms with E-state index < -0.39 is 0 Å². The SMILES string of the molecule is COCCCN1CCOc2ccc(CO[C@H]3CN[C@@H](C[C@@H](C)c4nnn[nH]4)C[C@@H]3c3ccc(COC[C@@H](C)COC)cc3)cc21. The molecule has 1 fully saturated rings. The van der Waals surface area contributed by atoms with Crippen LogP contribution in [0.2, 0.25) is 0 Å². The molecule has 0 bridgehead atoms. The number of rotatable bonds is 17. The molecule has 0 saturated carbocycles. The van der Waals surface area contributed by atoms with Crippen molar-refractivity contribution in [2.45, 2.75) is 70.3 Å². The molecule has 2 aliphatic rings. The molecule has 45 heavy (non-hydrogen) atoms. The fourth-order valence-corrected chi connectivity index (χ4v) is 6.40. The molecule has 5 rings (SSSR count). The highest BCUT2D eigenvalue weighted by Gasteiger charge is 2.33. The number of hydrogen-bond donors (Lipinski definition) is 2. The summed E-state index contributed by atoms with van der Waals surface area (Å²) in [5, 5.41) is 18.4. The maximum Gasteiger partial charge on any atom is 0.151 e. The number of methoxy groups -OCH3 is 2. The summed E-state index contributed by atoms with van der Waals surface area (Å²) < 4.78 is 29.1. The molecule has 3 aromatic rings. The van der Waals surface area contributed by atoms with Gasteiger partial charge < -0.3 is 33.9 Å². The number of ether oxygens (including phenoxy) is 5. The largest absolute Gasteiger partial charge is 0.490 e. The monoisotopic (exact) mass is 622 g/mol. The first kappa shape index (κ1) is 33.3. The van der Waals surface area contributed by atoms with E-state index in [1.165, 1.54) is 11.1 Å². The molecule has 0 radical (unpaired) electrons. The maximum atomic E-state index is 6.71. The van der Waals surface area contributed by atoms with E-state index in [0.717, 1.165) is 68.3 Å². The Hall–Kier alpha value is -3.09. The van der Waals surface area contributed by atoms with E-state index in [2.05, 4.69) is 87.2 Å². The number of nitrogens with one attached hydrogen (secondary N) is 2. The number of anilines is 1. The molecule has 2 aromatic carbocycles. The highest BCUT2D eigenvalue weighted by molar-refractivity contribution is 5.61. The van der Waals surface area contributed by atoms with Crippen molar-refractivity contribution < 1.29 is 23.7 Å². The van der Waals surface area contributed by atoms with Gasteiger partial charge in [-0.3, -0.25) is 0 Å². The van der Waals surface area contributed by atoms with Crippen LogP contribution in [-0.4, -0.2) is 93.1 Å². The van der Waals surface area contributed by atoms with Crippen LogP contribution < -0.4 is 15.0 Å². The molecule has 11 heteroatoms. The minimum Gasteiger partial charge on any atom is -0.490 e. The van der Waals surface area contributed by atoms with Crippen molar-refractivity contribution in [1.29, 1.82) is 0 Å². The Labute approximate surface area is 267 Å². The summed E-state index contributed by atoms with van der Waals surface area (Å²) >= 11 is 0. The normalized spacial score (nSPS) is 21.2. The number of benzene rings is 2. The molecule has 3 heterocycles. The summed E-state index contributed by atoms with van der Waals surface area (Å²) in [6.07, 6.45) is 2.92. The second-order valence-electron chi connectivity index (χ2n) is 12.5. The highest BCUT2D eigenvalue weighted by Crippen LogP contribution is 2.36. The highest BCUT2D eigenvalue weighted by atomic mass is 16.5. The summed E-state index contributed by atoms with van der Waals surface area (Å²) in [5.74, 6) is 2.61. The molecule has 11 nitrogen and oxygen atoms in total. The lowest BCUT2D eigenvalue weighted by atomic mass is 9.81. The van der Waals surface area contributed by atoms with Gasteiger partial charge in [-0.25, -0.2) is 5.10 Å². The predicted octanol–water partition coefficient (Wildman–Crippen LogP) is 4.46. The van der Waals surface area contributed by atoms with Crippen LogP contribution in [0.25, 0.3) is 0 Å². The third-order valence-corrected chi connectivity index (χ3v) is 8.82. The van der Waals surface area contributed by atoms with E-state index in [1.54, 1.807) is 14.2 Å². The number of nitrogens with zero attached hydrogens (tertiary/aromatic N) is 4. The molecular formula is C34H50N6O5. The lowest BCUT2D eigenvalue weighted by Crippen LogP contribution is -2.47. The average Bonchev–Trinajstić information content (AvgIpc) is 3.61. The number of hydrogen-bond acceptors (Lipinski definition) is 10. The lowest BCUT2D eigenvalue weighted by molar-refractivity contribution is 0.00179. The van der Waals surface area contributed by atoms with E-state index in [-0.39, 0.29) is 17.9 Å². The lowest BCUT2D eigenvalue weighted by Gasteiger charge is -2.38. The van der Waals surface area contributed by atoms with Crippen LogP contribution in [0.5, 0.6) is 5.75 Å². The van der Waals surface area contributed by atoms with Crippen molar-refractivity contribution in [3.8, 4) is 5.75 Å². The average molecular weight is 623 g/mol. The first-order valence-electron chi connectivity index (χ1n) is 16.3. The van der Waals surface area contributed by atoms with Gasteiger partial charge in [0, 0.05) is 57.7 Å². The summed E-state index contributed by atoms with van der Waals surface area (Å²) in [7, 11) is 3.48. The van der Waals surface area contributed by atoms with E-state index in [4.69, 9.17) is 23.7 Å². The smallest absolute Gasteiger partial charge is 0.151 e. The molecule has 0 amide bonds. The van der Waals surface area contributed by atoms with Gasteiger partial charge in [-0.2, -0.15) is 0 Å². The van der Waals surface area contributed by atoms with E-state index in [0.29, 0.717) is 45.0 Å². The van der Waals surface area contributed by atoms with E-state index in [1.807, 2.05) is 0 Å². The molecule has 0 spiro atoms. The number of aromatic nitrogens is 4. The Kier molecular flexibility index (Phi) is 12.6. The molecule has 5 atom stereocenters. The fourth-order valence-electron chi connectivity index (χ4n) is 6.40. The second kappa shape index (κ2) is 17.0. The molecule has 1 aromatic heterocycles. The van der Waals surface area contributed by atoms with Crippen molar-refractivity contribution in [3.05, 3.63) is 65.0 Å². The third-order valence-electron chi connectivity index (χ3n) is 8.82.